The van der Waals surface area contributed by atoms with Crippen molar-refractivity contribution in [2.75, 3.05) is 13.2 Å². The lowest BCUT2D eigenvalue weighted by Crippen LogP contribution is -2.18. The van der Waals surface area contributed by atoms with E-state index in [-0.39, 0.29) is 6.61 Å². The van der Waals surface area contributed by atoms with Crippen molar-refractivity contribution in [1.29, 1.82) is 0 Å². The number of benzene rings is 1. The average molecular weight is 235 g/mol. The predicted octanol–water partition coefficient (Wildman–Crippen LogP) is 2.06. The van der Waals surface area contributed by atoms with Crippen LogP contribution < -0.4 is 10.5 Å². The van der Waals surface area contributed by atoms with Crippen molar-refractivity contribution in [3.05, 3.63) is 29.8 Å². The minimum Gasteiger partial charge on any atom is -0.491 e. The number of halogens is 3. The standard InChI is InChI=1S/C10H12F3NO2/c11-10(12,13)16-5-4-15-9-3-1-2-8(6-9)7-14/h1-3,6H,4-5,7,14H2. The molecule has 0 radical (unpaired) electrons. The number of ether oxygens (including phenoxy) is 2. The third-order valence-corrected chi connectivity index (χ3v) is 1.75. The Morgan fingerprint density at radius 2 is 1.94 bits per heavy atom. The van der Waals surface area contributed by atoms with Crippen molar-refractivity contribution in [2.24, 2.45) is 5.73 Å². The maximum Gasteiger partial charge on any atom is 0.522 e. The van der Waals surface area contributed by atoms with Gasteiger partial charge in [-0.1, -0.05) is 12.1 Å². The fourth-order valence-corrected chi connectivity index (χ4v) is 1.08. The summed E-state index contributed by atoms with van der Waals surface area (Å²) in [5, 5.41) is 0. The minimum atomic E-state index is -4.61. The van der Waals surface area contributed by atoms with Crippen molar-refractivity contribution in [1.82, 2.24) is 0 Å². The average Bonchev–Trinajstić information content (AvgIpc) is 2.23. The highest BCUT2D eigenvalue weighted by Gasteiger charge is 2.28. The highest BCUT2D eigenvalue weighted by Crippen LogP contribution is 2.16. The fourth-order valence-electron chi connectivity index (χ4n) is 1.08. The molecule has 0 unspecified atom stereocenters. The summed E-state index contributed by atoms with van der Waals surface area (Å²) in [5.41, 5.74) is 6.26. The first kappa shape index (κ1) is 12.8. The number of alkyl halides is 3. The van der Waals surface area contributed by atoms with Crippen LogP contribution in [-0.4, -0.2) is 19.6 Å². The highest BCUT2D eigenvalue weighted by atomic mass is 19.4. The van der Waals surface area contributed by atoms with Gasteiger partial charge >= 0.3 is 6.36 Å². The van der Waals surface area contributed by atoms with Gasteiger partial charge in [-0.05, 0) is 17.7 Å². The normalized spacial score (nSPS) is 11.5. The molecule has 6 heteroatoms. The molecule has 0 aliphatic carbocycles. The molecule has 1 aromatic carbocycles. The predicted molar refractivity (Wildman–Crippen MR) is 51.8 cm³/mol. The van der Waals surface area contributed by atoms with E-state index in [1.807, 2.05) is 0 Å². The molecule has 0 aliphatic heterocycles. The maximum absolute atomic E-state index is 11.6. The van der Waals surface area contributed by atoms with E-state index in [2.05, 4.69) is 4.74 Å². The summed E-state index contributed by atoms with van der Waals surface area (Å²) in [5.74, 6) is 0.480. The smallest absolute Gasteiger partial charge is 0.491 e. The van der Waals surface area contributed by atoms with E-state index < -0.39 is 13.0 Å². The van der Waals surface area contributed by atoms with Crippen LogP contribution in [0.2, 0.25) is 0 Å². The topological polar surface area (TPSA) is 44.5 Å². The largest absolute Gasteiger partial charge is 0.522 e. The van der Waals surface area contributed by atoms with Crippen LogP contribution in [0.4, 0.5) is 13.2 Å². The van der Waals surface area contributed by atoms with Crippen molar-refractivity contribution in [2.45, 2.75) is 12.9 Å². The summed E-state index contributed by atoms with van der Waals surface area (Å²) >= 11 is 0. The van der Waals surface area contributed by atoms with E-state index in [4.69, 9.17) is 10.5 Å². The molecule has 0 bridgehead atoms. The lowest BCUT2D eigenvalue weighted by Gasteiger charge is -2.09. The molecule has 0 saturated carbocycles. The summed E-state index contributed by atoms with van der Waals surface area (Å²) < 4.78 is 43.4. The van der Waals surface area contributed by atoms with Crippen LogP contribution >= 0.6 is 0 Å². The van der Waals surface area contributed by atoms with E-state index in [1.54, 1.807) is 24.3 Å². The SMILES string of the molecule is NCc1cccc(OCCOC(F)(F)F)c1. The van der Waals surface area contributed by atoms with Gasteiger partial charge in [0.15, 0.2) is 0 Å². The van der Waals surface area contributed by atoms with Crippen LogP contribution in [0.5, 0.6) is 5.75 Å². The highest BCUT2D eigenvalue weighted by molar-refractivity contribution is 5.28. The second kappa shape index (κ2) is 5.72. The molecule has 0 saturated heterocycles. The van der Waals surface area contributed by atoms with E-state index in [0.717, 1.165) is 5.56 Å². The third kappa shape index (κ3) is 4.99. The van der Waals surface area contributed by atoms with Gasteiger partial charge in [-0.25, -0.2) is 0 Å². The molecule has 0 amide bonds. The molecule has 16 heavy (non-hydrogen) atoms. The van der Waals surface area contributed by atoms with E-state index >= 15 is 0 Å². The van der Waals surface area contributed by atoms with Gasteiger partial charge in [0.05, 0.1) is 6.61 Å². The van der Waals surface area contributed by atoms with Gasteiger partial charge in [0.25, 0.3) is 0 Å². The molecule has 0 atom stereocenters. The summed E-state index contributed by atoms with van der Waals surface area (Å²) in [4.78, 5) is 0. The molecule has 0 heterocycles. The Hall–Kier alpha value is -1.27. The number of hydrogen-bond acceptors (Lipinski definition) is 3. The van der Waals surface area contributed by atoms with Gasteiger partial charge < -0.3 is 10.5 Å². The number of nitrogens with two attached hydrogens (primary N) is 1. The van der Waals surface area contributed by atoms with Crippen LogP contribution in [-0.2, 0) is 11.3 Å². The molecule has 0 fully saturated rings. The Labute approximate surface area is 91.0 Å². The Bertz CT molecular complexity index is 328. The zero-order valence-corrected chi connectivity index (χ0v) is 8.46. The molecule has 3 nitrogen and oxygen atoms in total. The molecule has 0 spiro atoms. The van der Waals surface area contributed by atoms with E-state index in [9.17, 15) is 13.2 Å². The lowest BCUT2D eigenvalue weighted by atomic mass is 10.2. The van der Waals surface area contributed by atoms with Crippen molar-refractivity contribution >= 4 is 0 Å². The maximum atomic E-state index is 11.6. The first-order chi connectivity index (χ1) is 7.51. The van der Waals surface area contributed by atoms with Crippen molar-refractivity contribution < 1.29 is 22.6 Å². The van der Waals surface area contributed by atoms with Crippen molar-refractivity contribution in [3.63, 3.8) is 0 Å². The molecule has 0 aromatic heterocycles. The first-order valence-corrected chi connectivity index (χ1v) is 4.64. The second-order valence-electron chi connectivity index (χ2n) is 2.99. The Balaban J connectivity index is 2.32. The zero-order chi connectivity index (χ0) is 12.0. The molecular weight excluding hydrogens is 223 g/mol. The second-order valence-corrected chi connectivity index (χ2v) is 2.99. The fraction of sp³-hybridized carbons (Fsp3) is 0.400. The van der Waals surface area contributed by atoms with Crippen LogP contribution in [0.15, 0.2) is 24.3 Å². The number of hydrogen-bond donors (Lipinski definition) is 1. The van der Waals surface area contributed by atoms with Crippen molar-refractivity contribution in [3.8, 4) is 5.75 Å². The molecule has 1 aromatic rings. The summed E-state index contributed by atoms with van der Waals surface area (Å²) in [6, 6.07) is 6.85. The zero-order valence-electron chi connectivity index (χ0n) is 8.46. The van der Waals surface area contributed by atoms with Gasteiger partial charge in [0, 0.05) is 6.54 Å². The lowest BCUT2D eigenvalue weighted by molar-refractivity contribution is -0.325. The van der Waals surface area contributed by atoms with Gasteiger partial charge in [0.2, 0.25) is 0 Å². The number of rotatable bonds is 5. The third-order valence-electron chi connectivity index (χ3n) is 1.75. The van der Waals surface area contributed by atoms with E-state index in [0.29, 0.717) is 12.3 Å². The minimum absolute atomic E-state index is 0.159. The monoisotopic (exact) mass is 235 g/mol. The molecule has 2 N–H and O–H groups in total. The summed E-state index contributed by atoms with van der Waals surface area (Å²) in [6.07, 6.45) is -4.61. The molecule has 90 valence electrons. The van der Waals surface area contributed by atoms with E-state index in [1.165, 1.54) is 0 Å². The Morgan fingerprint density at radius 1 is 1.19 bits per heavy atom. The molecule has 0 aliphatic rings. The van der Waals surface area contributed by atoms with Gasteiger partial charge in [-0.3, -0.25) is 4.74 Å². The van der Waals surface area contributed by atoms with Crippen LogP contribution in [0.25, 0.3) is 0 Å². The van der Waals surface area contributed by atoms with Gasteiger partial charge in [-0.15, -0.1) is 13.2 Å². The quantitative estimate of drug-likeness (QED) is 0.794. The van der Waals surface area contributed by atoms with Crippen LogP contribution in [0, 0.1) is 0 Å². The van der Waals surface area contributed by atoms with Gasteiger partial charge in [0.1, 0.15) is 12.4 Å². The molecular formula is C10H12F3NO2. The summed E-state index contributed by atoms with van der Waals surface area (Å²) in [6.45, 7) is -0.333. The summed E-state index contributed by atoms with van der Waals surface area (Å²) in [7, 11) is 0. The molecule has 1 rings (SSSR count). The Morgan fingerprint density at radius 3 is 2.56 bits per heavy atom. The first-order valence-electron chi connectivity index (χ1n) is 4.64. The van der Waals surface area contributed by atoms with Gasteiger partial charge in [-0.2, -0.15) is 0 Å². The van der Waals surface area contributed by atoms with Crippen LogP contribution in [0.3, 0.4) is 0 Å². The Kier molecular flexibility index (Phi) is 4.57. The van der Waals surface area contributed by atoms with Crippen LogP contribution in [0.1, 0.15) is 5.56 Å².